The molecule has 1 fully saturated rings. The van der Waals surface area contributed by atoms with Gasteiger partial charge in [-0.25, -0.2) is 0 Å². The Morgan fingerprint density at radius 2 is 2.33 bits per heavy atom. The third-order valence-electron chi connectivity index (χ3n) is 3.92. The molecule has 1 aromatic carbocycles. The molecule has 1 atom stereocenters. The number of hydrogen-bond acceptors (Lipinski definition) is 5. The minimum atomic E-state index is 0.536. The van der Waals surface area contributed by atoms with Crippen molar-refractivity contribution in [2.45, 2.75) is 26.2 Å². The summed E-state index contributed by atoms with van der Waals surface area (Å²) in [6.45, 7) is 4.19. The molecule has 5 nitrogen and oxygen atoms in total. The van der Waals surface area contributed by atoms with Crippen LogP contribution in [0.2, 0.25) is 0 Å². The van der Waals surface area contributed by atoms with E-state index in [4.69, 9.17) is 9.26 Å². The van der Waals surface area contributed by atoms with E-state index >= 15 is 0 Å². The molecule has 1 N–H and O–H groups in total. The molecule has 0 radical (unpaired) electrons. The predicted molar refractivity (Wildman–Crippen MR) is 80.3 cm³/mol. The molecular weight excluding hydrogens is 266 g/mol. The van der Waals surface area contributed by atoms with Gasteiger partial charge < -0.3 is 14.6 Å². The van der Waals surface area contributed by atoms with Crippen LogP contribution in [0.1, 0.15) is 24.2 Å². The van der Waals surface area contributed by atoms with Crippen LogP contribution in [0.25, 0.3) is 11.5 Å². The monoisotopic (exact) mass is 287 g/mol. The van der Waals surface area contributed by atoms with E-state index < -0.39 is 0 Å². The highest BCUT2D eigenvalue weighted by molar-refractivity contribution is 5.63. The molecule has 1 saturated heterocycles. The second kappa shape index (κ2) is 6.26. The van der Waals surface area contributed by atoms with Crippen molar-refractivity contribution in [3.63, 3.8) is 0 Å². The lowest BCUT2D eigenvalue weighted by atomic mass is 9.96. The number of piperidine rings is 1. The van der Waals surface area contributed by atoms with E-state index in [0.29, 0.717) is 11.8 Å². The van der Waals surface area contributed by atoms with Gasteiger partial charge in [0.15, 0.2) is 5.82 Å². The highest BCUT2D eigenvalue weighted by Gasteiger charge is 2.18. The Hall–Kier alpha value is -1.88. The Morgan fingerprint density at radius 3 is 3.10 bits per heavy atom. The summed E-state index contributed by atoms with van der Waals surface area (Å²) in [5, 5.41) is 7.54. The summed E-state index contributed by atoms with van der Waals surface area (Å²) in [5.74, 6) is 2.68. The first-order valence-corrected chi connectivity index (χ1v) is 7.44. The Bertz CT molecular complexity index is 603. The van der Waals surface area contributed by atoms with Crippen molar-refractivity contribution < 1.29 is 9.26 Å². The van der Waals surface area contributed by atoms with Crippen LogP contribution in [-0.2, 0) is 6.42 Å². The number of ether oxygens (including phenoxy) is 1. The predicted octanol–water partition coefficient (Wildman–Crippen LogP) is 2.60. The molecule has 0 saturated carbocycles. The lowest BCUT2D eigenvalue weighted by molar-refractivity contribution is 0.359. The van der Waals surface area contributed by atoms with E-state index in [1.165, 1.54) is 12.8 Å². The van der Waals surface area contributed by atoms with E-state index in [2.05, 4.69) is 15.5 Å². The molecule has 5 heteroatoms. The molecule has 112 valence electrons. The van der Waals surface area contributed by atoms with E-state index in [1.807, 2.05) is 25.1 Å². The van der Waals surface area contributed by atoms with Crippen LogP contribution in [0.15, 0.2) is 22.7 Å². The Labute approximate surface area is 124 Å². The number of aromatic nitrogens is 2. The number of rotatable bonds is 4. The summed E-state index contributed by atoms with van der Waals surface area (Å²) >= 11 is 0. The average molecular weight is 287 g/mol. The van der Waals surface area contributed by atoms with E-state index in [0.717, 1.165) is 42.2 Å². The summed E-state index contributed by atoms with van der Waals surface area (Å²) in [6.07, 6.45) is 3.32. The summed E-state index contributed by atoms with van der Waals surface area (Å²) in [5.41, 5.74) is 2.00. The highest BCUT2D eigenvalue weighted by Crippen LogP contribution is 2.30. The maximum atomic E-state index is 5.43. The zero-order valence-corrected chi connectivity index (χ0v) is 12.6. The van der Waals surface area contributed by atoms with Crippen LogP contribution in [0.4, 0.5) is 0 Å². The normalized spacial score (nSPS) is 18.7. The van der Waals surface area contributed by atoms with Crippen molar-refractivity contribution in [2.24, 2.45) is 5.92 Å². The van der Waals surface area contributed by atoms with Crippen molar-refractivity contribution in [3.05, 3.63) is 29.6 Å². The second-order valence-electron chi connectivity index (χ2n) is 5.64. The number of nitrogens with one attached hydrogen (secondary N) is 1. The smallest absolute Gasteiger partial charge is 0.261 e. The molecule has 0 aliphatic carbocycles. The van der Waals surface area contributed by atoms with E-state index in [9.17, 15) is 0 Å². The van der Waals surface area contributed by atoms with Crippen molar-refractivity contribution in [3.8, 4) is 17.2 Å². The van der Waals surface area contributed by atoms with Gasteiger partial charge in [-0.1, -0.05) is 16.8 Å². The van der Waals surface area contributed by atoms with Crippen molar-refractivity contribution >= 4 is 0 Å². The number of hydrogen-bond donors (Lipinski definition) is 1. The van der Waals surface area contributed by atoms with Crippen LogP contribution in [0, 0.1) is 12.8 Å². The maximum Gasteiger partial charge on any atom is 0.261 e. The van der Waals surface area contributed by atoms with Gasteiger partial charge in [-0.3, -0.25) is 0 Å². The third-order valence-corrected chi connectivity index (χ3v) is 3.92. The number of nitrogens with zero attached hydrogens (tertiary/aromatic N) is 2. The lowest BCUT2D eigenvalue weighted by Gasteiger charge is -2.20. The fraction of sp³-hybridized carbons (Fsp3) is 0.500. The van der Waals surface area contributed by atoms with Crippen molar-refractivity contribution in [1.82, 2.24) is 15.5 Å². The fourth-order valence-corrected chi connectivity index (χ4v) is 2.79. The Morgan fingerprint density at radius 1 is 1.43 bits per heavy atom. The molecular formula is C16H21N3O2. The van der Waals surface area contributed by atoms with E-state index in [-0.39, 0.29) is 0 Å². The first-order chi connectivity index (χ1) is 10.3. The van der Waals surface area contributed by atoms with Gasteiger partial charge in [0.1, 0.15) is 5.75 Å². The third kappa shape index (κ3) is 3.24. The SMILES string of the molecule is COc1ccc(C)cc1-c1nc(CC2CCCNC2)no1. The molecule has 0 bridgehead atoms. The molecule has 0 amide bonds. The zero-order valence-electron chi connectivity index (χ0n) is 12.6. The van der Waals surface area contributed by atoms with Crippen LogP contribution in [-0.4, -0.2) is 30.3 Å². The summed E-state index contributed by atoms with van der Waals surface area (Å²) in [6, 6.07) is 5.95. The molecule has 2 aromatic rings. The summed E-state index contributed by atoms with van der Waals surface area (Å²) in [7, 11) is 1.65. The lowest BCUT2D eigenvalue weighted by Crippen LogP contribution is -2.31. The second-order valence-corrected chi connectivity index (χ2v) is 5.64. The Balaban J connectivity index is 1.79. The first kappa shape index (κ1) is 14.1. The summed E-state index contributed by atoms with van der Waals surface area (Å²) in [4.78, 5) is 4.54. The molecule has 1 aromatic heterocycles. The van der Waals surface area contributed by atoms with Crippen LogP contribution >= 0.6 is 0 Å². The van der Waals surface area contributed by atoms with Gasteiger partial charge in [0.25, 0.3) is 5.89 Å². The molecule has 21 heavy (non-hydrogen) atoms. The molecule has 1 aliphatic rings. The van der Waals surface area contributed by atoms with Crippen LogP contribution in [0.5, 0.6) is 5.75 Å². The van der Waals surface area contributed by atoms with E-state index in [1.54, 1.807) is 7.11 Å². The quantitative estimate of drug-likeness (QED) is 0.936. The zero-order chi connectivity index (χ0) is 14.7. The average Bonchev–Trinajstić information content (AvgIpc) is 2.96. The van der Waals surface area contributed by atoms with Gasteiger partial charge >= 0.3 is 0 Å². The largest absolute Gasteiger partial charge is 0.496 e. The maximum absolute atomic E-state index is 5.43. The molecule has 1 unspecified atom stereocenters. The van der Waals surface area contributed by atoms with Crippen LogP contribution < -0.4 is 10.1 Å². The highest BCUT2D eigenvalue weighted by atomic mass is 16.5. The van der Waals surface area contributed by atoms with Gasteiger partial charge in [0.2, 0.25) is 0 Å². The summed E-state index contributed by atoms with van der Waals surface area (Å²) < 4.78 is 10.8. The standard InChI is InChI=1S/C16H21N3O2/c1-11-5-6-14(20-2)13(8-11)16-18-15(19-21-16)9-12-4-3-7-17-10-12/h5-6,8,12,17H,3-4,7,9-10H2,1-2H3. The van der Waals surface area contributed by atoms with Crippen LogP contribution in [0.3, 0.4) is 0 Å². The number of methoxy groups -OCH3 is 1. The minimum Gasteiger partial charge on any atom is -0.496 e. The number of aryl methyl sites for hydroxylation is 1. The van der Waals surface area contributed by atoms with Gasteiger partial charge in [0.05, 0.1) is 12.7 Å². The minimum absolute atomic E-state index is 0.536. The van der Waals surface area contributed by atoms with Crippen molar-refractivity contribution in [1.29, 1.82) is 0 Å². The molecule has 3 rings (SSSR count). The molecule has 0 spiro atoms. The van der Waals surface area contributed by atoms with Gasteiger partial charge in [-0.05, 0) is 50.9 Å². The fourth-order valence-electron chi connectivity index (χ4n) is 2.79. The van der Waals surface area contributed by atoms with Gasteiger partial charge in [-0.15, -0.1) is 0 Å². The number of benzene rings is 1. The topological polar surface area (TPSA) is 60.2 Å². The first-order valence-electron chi connectivity index (χ1n) is 7.44. The molecule has 1 aliphatic heterocycles. The van der Waals surface area contributed by atoms with Crippen molar-refractivity contribution in [2.75, 3.05) is 20.2 Å². The molecule has 2 heterocycles. The van der Waals surface area contributed by atoms with Gasteiger partial charge in [0, 0.05) is 6.42 Å². The van der Waals surface area contributed by atoms with Gasteiger partial charge in [-0.2, -0.15) is 4.98 Å². The Kier molecular flexibility index (Phi) is 4.20.